The monoisotopic (exact) mass is 286 g/mol. The van der Waals surface area contributed by atoms with Gasteiger partial charge in [-0.15, -0.1) is 11.3 Å². The molecule has 0 amide bonds. The van der Waals surface area contributed by atoms with E-state index in [-0.39, 0.29) is 5.82 Å². The molecule has 102 valence electrons. The molecule has 0 spiro atoms. The molecule has 1 unspecified atom stereocenters. The van der Waals surface area contributed by atoms with E-state index >= 15 is 0 Å². The fourth-order valence-electron chi connectivity index (χ4n) is 2.26. The van der Waals surface area contributed by atoms with Gasteiger partial charge >= 0.3 is 0 Å². The fourth-order valence-corrected chi connectivity index (χ4v) is 3.39. The molecular weight excluding hydrogens is 271 g/mol. The summed E-state index contributed by atoms with van der Waals surface area (Å²) >= 11 is 1.54. The summed E-state index contributed by atoms with van der Waals surface area (Å²) in [5.74, 6) is -0.288. The number of fused-ring (bicyclic) bond motifs is 1. The molecule has 0 radical (unpaired) electrons. The van der Waals surface area contributed by atoms with Crippen molar-refractivity contribution >= 4 is 21.4 Å². The fraction of sp³-hybridized carbons (Fsp3) is 0.176. The van der Waals surface area contributed by atoms with E-state index in [0.29, 0.717) is 11.1 Å². The van der Waals surface area contributed by atoms with Gasteiger partial charge in [-0.25, -0.2) is 4.39 Å². The van der Waals surface area contributed by atoms with Crippen molar-refractivity contribution in [2.75, 3.05) is 0 Å². The Morgan fingerprint density at radius 3 is 2.55 bits per heavy atom. The third-order valence-electron chi connectivity index (χ3n) is 3.64. The van der Waals surface area contributed by atoms with Gasteiger partial charge in [0.15, 0.2) is 0 Å². The number of benzene rings is 2. The molecule has 2 aromatic carbocycles. The third kappa shape index (κ3) is 2.13. The van der Waals surface area contributed by atoms with Crippen molar-refractivity contribution in [1.82, 2.24) is 0 Å². The number of hydrogen-bond acceptors (Lipinski definition) is 2. The topological polar surface area (TPSA) is 20.2 Å². The van der Waals surface area contributed by atoms with E-state index < -0.39 is 5.60 Å². The molecule has 1 heterocycles. The Labute approximate surface area is 121 Å². The normalized spacial score (nSPS) is 14.4. The summed E-state index contributed by atoms with van der Waals surface area (Å²) in [5.41, 5.74) is -0.0221. The largest absolute Gasteiger partial charge is 0.380 e. The van der Waals surface area contributed by atoms with E-state index in [2.05, 4.69) is 0 Å². The van der Waals surface area contributed by atoms with Gasteiger partial charge in [0.25, 0.3) is 0 Å². The maximum absolute atomic E-state index is 13.7. The van der Waals surface area contributed by atoms with Crippen LogP contribution in [-0.2, 0) is 5.60 Å². The maximum Gasteiger partial charge on any atom is 0.126 e. The van der Waals surface area contributed by atoms with Gasteiger partial charge < -0.3 is 5.11 Å². The Hall–Kier alpha value is -1.71. The lowest BCUT2D eigenvalue weighted by Gasteiger charge is -2.22. The lowest BCUT2D eigenvalue weighted by molar-refractivity contribution is 0.106. The molecule has 0 fully saturated rings. The molecule has 1 nitrogen and oxygen atoms in total. The quantitative estimate of drug-likeness (QED) is 0.729. The standard InChI is InChI=1S/C17H15FOS/c1-11-7-8-13(10-14(11)18)17(2,19)16-9-12-5-3-4-6-15(12)20-16/h3-10,19H,1-2H3. The number of aryl methyl sites for hydroxylation is 1. The van der Waals surface area contributed by atoms with Gasteiger partial charge in [-0.3, -0.25) is 0 Å². The molecule has 3 rings (SSSR count). The van der Waals surface area contributed by atoms with Crippen LogP contribution >= 0.6 is 11.3 Å². The van der Waals surface area contributed by atoms with E-state index in [1.807, 2.05) is 30.3 Å². The summed E-state index contributed by atoms with van der Waals surface area (Å²) in [6, 6.07) is 14.9. The van der Waals surface area contributed by atoms with Crippen molar-refractivity contribution in [3.63, 3.8) is 0 Å². The summed E-state index contributed by atoms with van der Waals surface area (Å²) < 4.78 is 14.8. The highest BCUT2D eigenvalue weighted by atomic mass is 32.1. The minimum Gasteiger partial charge on any atom is -0.380 e. The Morgan fingerprint density at radius 1 is 1.10 bits per heavy atom. The molecule has 0 aliphatic carbocycles. The Kier molecular flexibility index (Phi) is 3.11. The molecule has 0 saturated heterocycles. The maximum atomic E-state index is 13.7. The van der Waals surface area contributed by atoms with Crippen LogP contribution in [0.25, 0.3) is 10.1 Å². The highest BCUT2D eigenvalue weighted by Crippen LogP contribution is 2.37. The van der Waals surface area contributed by atoms with Crippen molar-refractivity contribution in [2.24, 2.45) is 0 Å². The van der Waals surface area contributed by atoms with Gasteiger partial charge in [-0.05, 0) is 48.6 Å². The van der Waals surface area contributed by atoms with Crippen LogP contribution in [0.4, 0.5) is 4.39 Å². The van der Waals surface area contributed by atoms with Crippen molar-refractivity contribution in [3.8, 4) is 0 Å². The number of halogens is 1. The van der Waals surface area contributed by atoms with Crippen molar-refractivity contribution < 1.29 is 9.50 Å². The van der Waals surface area contributed by atoms with Crippen LogP contribution in [-0.4, -0.2) is 5.11 Å². The summed E-state index contributed by atoms with van der Waals surface area (Å²) in [5, 5.41) is 11.9. The zero-order chi connectivity index (χ0) is 14.3. The molecule has 0 saturated carbocycles. The second-order valence-electron chi connectivity index (χ2n) is 5.18. The summed E-state index contributed by atoms with van der Waals surface area (Å²) in [4.78, 5) is 0.821. The lowest BCUT2D eigenvalue weighted by atomic mass is 9.93. The van der Waals surface area contributed by atoms with Gasteiger partial charge in [0.1, 0.15) is 11.4 Å². The van der Waals surface area contributed by atoms with E-state index in [9.17, 15) is 9.50 Å². The van der Waals surface area contributed by atoms with Crippen LogP contribution < -0.4 is 0 Å². The molecule has 0 bridgehead atoms. The molecule has 3 aromatic rings. The number of aliphatic hydroxyl groups is 1. The van der Waals surface area contributed by atoms with E-state index in [4.69, 9.17) is 0 Å². The zero-order valence-corrected chi connectivity index (χ0v) is 12.2. The van der Waals surface area contributed by atoms with Crippen LogP contribution in [0, 0.1) is 12.7 Å². The van der Waals surface area contributed by atoms with Gasteiger partial charge in [0.2, 0.25) is 0 Å². The first-order valence-electron chi connectivity index (χ1n) is 6.46. The summed E-state index contributed by atoms with van der Waals surface area (Å²) in [6.07, 6.45) is 0. The van der Waals surface area contributed by atoms with E-state index in [1.165, 1.54) is 17.4 Å². The Morgan fingerprint density at radius 2 is 1.85 bits per heavy atom. The SMILES string of the molecule is Cc1ccc(C(C)(O)c2cc3ccccc3s2)cc1F. The minimum absolute atomic E-state index is 0.288. The highest BCUT2D eigenvalue weighted by molar-refractivity contribution is 7.19. The van der Waals surface area contributed by atoms with Crippen LogP contribution in [0.1, 0.15) is 22.9 Å². The molecule has 0 aliphatic rings. The van der Waals surface area contributed by atoms with E-state index in [0.717, 1.165) is 15.0 Å². The van der Waals surface area contributed by atoms with Crippen LogP contribution in [0.5, 0.6) is 0 Å². The Bertz CT molecular complexity index is 741. The Balaban J connectivity index is 2.12. The first-order valence-corrected chi connectivity index (χ1v) is 7.28. The molecule has 0 aliphatic heterocycles. The predicted octanol–water partition coefficient (Wildman–Crippen LogP) is 4.60. The minimum atomic E-state index is -1.18. The average molecular weight is 286 g/mol. The van der Waals surface area contributed by atoms with E-state index in [1.54, 1.807) is 26.0 Å². The van der Waals surface area contributed by atoms with Gasteiger partial charge in [0, 0.05) is 9.58 Å². The second-order valence-corrected chi connectivity index (χ2v) is 6.27. The summed E-state index contributed by atoms with van der Waals surface area (Å²) in [7, 11) is 0. The molecular formula is C17H15FOS. The average Bonchev–Trinajstić information content (AvgIpc) is 2.86. The summed E-state index contributed by atoms with van der Waals surface area (Å²) in [6.45, 7) is 3.43. The number of hydrogen-bond donors (Lipinski definition) is 1. The van der Waals surface area contributed by atoms with Crippen molar-refractivity contribution in [1.29, 1.82) is 0 Å². The number of rotatable bonds is 2. The molecule has 20 heavy (non-hydrogen) atoms. The first-order chi connectivity index (χ1) is 9.48. The van der Waals surface area contributed by atoms with Gasteiger partial charge in [-0.2, -0.15) is 0 Å². The third-order valence-corrected chi connectivity index (χ3v) is 4.97. The first kappa shape index (κ1) is 13.3. The second kappa shape index (κ2) is 4.69. The van der Waals surface area contributed by atoms with Gasteiger partial charge in [0.05, 0.1) is 0 Å². The molecule has 1 aromatic heterocycles. The lowest BCUT2D eigenvalue weighted by Crippen LogP contribution is -2.21. The van der Waals surface area contributed by atoms with Crippen LogP contribution in [0.15, 0.2) is 48.5 Å². The molecule has 3 heteroatoms. The van der Waals surface area contributed by atoms with Crippen LogP contribution in [0.3, 0.4) is 0 Å². The molecule has 1 N–H and O–H groups in total. The molecule has 1 atom stereocenters. The zero-order valence-electron chi connectivity index (χ0n) is 11.4. The van der Waals surface area contributed by atoms with Crippen LogP contribution in [0.2, 0.25) is 0 Å². The smallest absolute Gasteiger partial charge is 0.126 e. The van der Waals surface area contributed by atoms with Crippen molar-refractivity contribution in [3.05, 3.63) is 70.4 Å². The number of thiophene rings is 1. The highest BCUT2D eigenvalue weighted by Gasteiger charge is 2.28. The van der Waals surface area contributed by atoms with Gasteiger partial charge in [-0.1, -0.05) is 30.3 Å². The van der Waals surface area contributed by atoms with Crippen molar-refractivity contribution in [2.45, 2.75) is 19.4 Å². The predicted molar refractivity (Wildman–Crippen MR) is 81.6 cm³/mol.